The Labute approximate surface area is 122 Å². The lowest BCUT2D eigenvalue weighted by molar-refractivity contribution is 0.379. The number of nitrogens with zero attached hydrogens (tertiary/aromatic N) is 3. The Kier molecular flexibility index (Phi) is 4.86. The van der Waals surface area contributed by atoms with E-state index in [1.54, 1.807) is 19.1 Å². The summed E-state index contributed by atoms with van der Waals surface area (Å²) in [6.07, 6.45) is 0.944. The summed E-state index contributed by atoms with van der Waals surface area (Å²) in [6.45, 7) is 4.49. The van der Waals surface area contributed by atoms with Gasteiger partial charge in [0.1, 0.15) is 5.82 Å². The van der Waals surface area contributed by atoms with Gasteiger partial charge < -0.3 is 15.4 Å². The molecule has 112 valence electrons. The van der Waals surface area contributed by atoms with Crippen LogP contribution in [0.1, 0.15) is 18.9 Å². The highest BCUT2D eigenvalue weighted by Crippen LogP contribution is 2.19. The maximum absolute atomic E-state index is 13.5. The largest absolute Gasteiger partial charge is 0.467 e. The topological polar surface area (TPSA) is 72.0 Å². The number of hydrogen-bond donors (Lipinski definition) is 2. The van der Waals surface area contributed by atoms with Gasteiger partial charge >= 0.3 is 6.01 Å². The van der Waals surface area contributed by atoms with E-state index in [2.05, 4.69) is 25.6 Å². The van der Waals surface area contributed by atoms with Gasteiger partial charge in [-0.25, -0.2) is 4.39 Å². The Morgan fingerprint density at radius 2 is 1.95 bits per heavy atom. The third-order valence-electron chi connectivity index (χ3n) is 2.76. The first-order valence-corrected chi connectivity index (χ1v) is 6.69. The number of aromatic nitrogens is 3. The van der Waals surface area contributed by atoms with Gasteiger partial charge in [0.2, 0.25) is 11.9 Å². The first-order valence-electron chi connectivity index (χ1n) is 6.69. The minimum absolute atomic E-state index is 0.193. The predicted octanol–water partition coefficient (Wildman–Crippen LogP) is 2.89. The quantitative estimate of drug-likeness (QED) is 0.852. The number of halogens is 1. The molecular weight excluding hydrogens is 273 g/mol. The van der Waals surface area contributed by atoms with E-state index in [4.69, 9.17) is 4.74 Å². The summed E-state index contributed by atoms with van der Waals surface area (Å²) in [7, 11) is 1.48. The van der Waals surface area contributed by atoms with E-state index in [0.717, 1.165) is 13.0 Å². The summed E-state index contributed by atoms with van der Waals surface area (Å²) < 4.78 is 18.6. The van der Waals surface area contributed by atoms with Crippen LogP contribution < -0.4 is 15.4 Å². The van der Waals surface area contributed by atoms with Gasteiger partial charge in [-0.15, -0.1) is 0 Å². The minimum atomic E-state index is -0.287. The molecule has 6 nitrogen and oxygen atoms in total. The van der Waals surface area contributed by atoms with Crippen molar-refractivity contribution in [2.45, 2.75) is 20.3 Å². The molecule has 0 radical (unpaired) electrons. The van der Waals surface area contributed by atoms with Crippen molar-refractivity contribution in [3.05, 3.63) is 29.6 Å². The molecule has 1 heterocycles. The van der Waals surface area contributed by atoms with Crippen molar-refractivity contribution < 1.29 is 9.13 Å². The van der Waals surface area contributed by atoms with Crippen molar-refractivity contribution in [3.8, 4) is 6.01 Å². The van der Waals surface area contributed by atoms with Crippen LogP contribution in [0.4, 0.5) is 22.0 Å². The highest BCUT2D eigenvalue weighted by molar-refractivity contribution is 5.55. The third-order valence-corrected chi connectivity index (χ3v) is 2.76. The van der Waals surface area contributed by atoms with E-state index in [0.29, 0.717) is 23.1 Å². The number of rotatable bonds is 6. The third kappa shape index (κ3) is 4.01. The maximum Gasteiger partial charge on any atom is 0.322 e. The molecule has 2 N–H and O–H groups in total. The smallest absolute Gasteiger partial charge is 0.322 e. The summed E-state index contributed by atoms with van der Waals surface area (Å²) in [4.78, 5) is 12.4. The molecule has 0 unspecified atom stereocenters. The first kappa shape index (κ1) is 15.0. The van der Waals surface area contributed by atoms with Gasteiger partial charge in [-0.1, -0.05) is 13.0 Å². The number of benzene rings is 1. The predicted molar refractivity (Wildman–Crippen MR) is 79.6 cm³/mol. The molecule has 0 aliphatic carbocycles. The van der Waals surface area contributed by atoms with E-state index in [1.165, 1.54) is 13.2 Å². The van der Waals surface area contributed by atoms with Crippen LogP contribution in [0.15, 0.2) is 18.2 Å². The summed E-state index contributed by atoms with van der Waals surface area (Å²) in [5, 5.41) is 6.00. The Morgan fingerprint density at radius 3 is 2.62 bits per heavy atom. The molecular formula is C14H18FN5O. The van der Waals surface area contributed by atoms with E-state index in [1.807, 2.05) is 6.92 Å². The monoisotopic (exact) mass is 291 g/mol. The van der Waals surface area contributed by atoms with E-state index >= 15 is 0 Å². The lowest BCUT2D eigenvalue weighted by atomic mass is 10.2. The Bertz CT molecular complexity index is 620. The maximum atomic E-state index is 13.5. The molecule has 0 amide bonds. The summed E-state index contributed by atoms with van der Waals surface area (Å²) in [6, 6.07) is 5.03. The molecule has 7 heteroatoms. The number of ether oxygens (including phenoxy) is 1. The van der Waals surface area contributed by atoms with E-state index in [-0.39, 0.29) is 11.8 Å². The second-order valence-corrected chi connectivity index (χ2v) is 4.49. The molecule has 21 heavy (non-hydrogen) atoms. The lowest BCUT2D eigenvalue weighted by Crippen LogP contribution is -2.09. The van der Waals surface area contributed by atoms with Crippen LogP contribution in [0, 0.1) is 12.7 Å². The molecule has 0 bridgehead atoms. The standard InChI is InChI=1S/C14H18FN5O/c1-4-7-16-12-18-13(20-14(19-12)21-3)17-10-6-5-9(2)11(15)8-10/h5-6,8H,4,7H2,1-3H3,(H2,16,17,18,19,20). The first-order chi connectivity index (χ1) is 10.1. The summed E-state index contributed by atoms with van der Waals surface area (Å²) in [5.41, 5.74) is 1.15. The number of methoxy groups -OCH3 is 1. The van der Waals surface area contributed by atoms with Gasteiger partial charge in [0, 0.05) is 12.2 Å². The van der Waals surface area contributed by atoms with Crippen LogP contribution in [-0.4, -0.2) is 28.6 Å². The fourth-order valence-electron chi connectivity index (χ4n) is 1.62. The average Bonchev–Trinajstić information content (AvgIpc) is 2.48. The highest BCUT2D eigenvalue weighted by Gasteiger charge is 2.07. The van der Waals surface area contributed by atoms with Gasteiger partial charge in [0.05, 0.1) is 7.11 Å². The Morgan fingerprint density at radius 1 is 1.19 bits per heavy atom. The number of hydrogen-bond acceptors (Lipinski definition) is 6. The highest BCUT2D eigenvalue weighted by atomic mass is 19.1. The zero-order valence-corrected chi connectivity index (χ0v) is 12.3. The van der Waals surface area contributed by atoms with Gasteiger partial charge in [-0.3, -0.25) is 0 Å². The van der Waals surface area contributed by atoms with Crippen LogP contribution in [0.25, 0.3) is 0 Å². The van der Waals surface area contributed by atoms with Crippen molar-refractivity contribution in [1.29, 1.82) is 0 Å². The molecule has 1 aromatic carbocycles. The van der Waals surface area contributed by atoms with Crippen molar-refractivity contribution in [3.63, 3.8) is 0 Å². The number of nitrogens with one attached hydrogen (secondary N) is 2. The van der Waals surface area contributed by atoms with Crippen molar-refractivity contribution in [1.82, 2.24) is 15.0 Å². The molecule has 2 aromatic rings. The molecule has 0 spiro atoms. The van der Waals surface area contributed by atoms with Gasteiger partial charge in [0.25, 0.3) is 0 Å². The molecule has 0 atom stereocenters. The second-order valence-electron chi connectivity index (χ2n) is 4.49. The molecule has 0 aliphatic rings. The molecule has 1 aromatic heterocycles. The van der Waals surface area contributed by atoms with Gasteiger partial charge in [0.15, 0.2) is 0 Å². The SMILES string of the molecule is CCCNc1nc(Nc2ccc(C)c(F)c2)nc(OC)n1. The Hall–Kier alpha value is -2.44. The fraction of sp³-hybridized carbons (Fsp3) is 0.357. The lowest BCUT2D eigenvalue weighted by Gasteiger charge is -2.09. The summed E-state index contributed by atoms with van der Waals surface area (Å²) in [5.74, 6) is 0.424. The van der Waals surface area contributed by atoms with Crippen LogP contribution in [0.3, 0.4) is 0 Å². The van der Waals surface area contributed by atoms with E-state index < -0.39 is 0 Å². The molecule has 0 saturated heterocycles. The molecule has 0 aliphatic heterocycles. The van der Waals surface area contributed by atoms with Gasteiger partial charge in [-0.05, 0) is 31.0 Å². The summed E-state index contributed by atoms with van der Waals surface area (Å²) >= 11 is 0. The normalized spacial score (nSPS) is 10.3. The van der Waals surface area contributed by atoms with Gasteiger partial charge in [-0.2, -0.15) is 15.0 Å². The molecule has 2 rings (SSSR count). The van der Waals surface area contributed by atoms with Crippen molar-refractivity contribution >= 4 is 17.6 Å². The van der Waals surface area contributed by atoms with Crippen LogP contribution in [0.5, 0.6) is 6.01 Å². The molecule has 0 saturated carbocycles. The zero-order valence-electron chi connectivity index (χ0n) is 12.3. The Balaban J connectivity index is 2.23. The van der Waals surface area contributed by atoms with Crippen LogP contribution in [-0.2, 0) is 0 Å². The average molecular weight is 291 g/mol. The van der Waals surface area contributed by atoms with Crippen molar-refractivity contribution in [2.75, 3.05) is 24.3 Å². The zero-order chi connectivity index (χ0) is 15.2. The fourth-order valence-corrected chi connectivity index (χ4v) is 1.62. The number of anilines is 3. The number of aryl methyl sites for hydroxylation is 1. The minimum Gasteiger partial charge on any atom is -0.467 e. The van der Waals surface area contributed by atoms with Crippen LogP contribution >= 0.6 is 0 Å². The second kappa shape index (κ2) is 6.83. The van der Waals surface area contributed by atoms with E-state index in [9.17, 15) is 4.39 Å². The molecule has 0 fully saturated rings. The van der Waals surface area contributed by atoms with Crippen molar-refractivity contribution in [2.24, 2.45) is 0 Å². The van der Waals surface area contributed by atoms with Crippen LogP contribution in [0.2, 0.25) is 0 Å².